The molecule has 0 heterocycles. The maximum Gasteiger partial charge on any atom is 0.501 e. The van der Waals surface area contributed by atoms with Crippen LogP contribution in [0.5, 0.6) is 5.75 Å². The fourth-order valence-electron chi connectivity index (χ4n) is 2.79. The van der Waals surface area contributed by atoms with E-state index in [0.29, 0.717) is 12.1 Å². The number of hydrogen-bond acceptors (Lipinski definition) is 6. The highest BCUT2D eigenvalue weighted by molar-refractivity contribution is 7.92. The smallest absolute Gasteiger partial charge is 0.495 e. The van der Waals surface area contributed by atoms with Crippen LogP contribution in [0.4, 0.5) is 18.9 Å². The van der Waals surface area contributed by atoms with Crippen LogP contribution in [0, 0.1) is 0 Å². The van der Waals surface area contributed by atoms with Gasteiger partial charge in [0.25, 0.3) is 15.7 Å². The molecule has 0 saturated carbocycles. The highest BCUT2D eigenvalue weighted by Crippen LogP contribution is 2.35. The first-order chi connectivity index (χ1) is 14.8. The Morgan fingerprint density at radius 3 is 2.16 bits per heavy atom. The Kier molecular flexibility index (Phi) is 7.58. The van der Waals surface area contributed by atoms with Crippen LogP contribution in [0.3, 0.4) is 0 Å². The second-order valence-corrected chi connectivity index (χ2v) is 10.3. The van der Waals surface area contributed by atoms with Gasteiger partial charge in [-0.2, -0.15) is 17.5 Å². The van der Waals surface area contributed by atoms with E-state index in [1.807, 2.05) is 0 Å². The molecule has 2 aromatic carbocycles. The number of sulfonamides is 1. The number of halogens is 3. The van der Waals surface area contributed by atoms with Crippen LogP contribution in [0.2, 0.25) is 0 Å². The number of ether oxygens (including phenoxy) is 1. The Balaban J connectivity index is 2.45. The van der Waals surface area contributed by atoms with Gasteiger partial charge < -0.3 is 10.1 Å². The second-order valence-electron chi connectivity index (χ2n) is 6.38. The summed E-state index contributed by atoms with van der Waals surface area (Å²) in [5, 5.41) is 2.27. The summed E-state index contributed by atoms with van der Waals surface area (Å²) in [6.45, 7) is 3.75. The quantitative estimate of drug-likeness (QED) is 0.603. The van der Waals surface area contributed by atoms with E-state index in [-0.39, 0.29) is 35.0 Å². The van der Waals surface area contributed by atoms with Crippen LogP contribution in [0.1, 0.15) is 24.2 Å². The molecule has 0 aromatic heterocycles. The molecule has 1 amide bonds. The zero-order valence-electron chi connectivity index (χ0n) is 17.3. The molecular formula is C19H21F3N2O6S2. The second kappa shape index (κ2) is 9.46. The molecule has 13 heteroatoms. The van der Waals surface area contributed by atoms with Crippen molar-refractivity contribution in [3.63, 3.8) is 0 Å². The third-order valence-corrected chi connectivity index (χ3v) is 8.00. The molecule has 0 aliphatic heterocycles. The van der Waals surface area contributed by atoms with Crippen molar-refractivity contribution in [2.75, 3.05) is 25.5 Å². The van der Waals surface area contributed by atoms with E-state index >= 15 is 0 Å². The molecule has 0 atom stereocenters. The molecule has 2 rings (SSSR count). The number of nitrogens with zero attached hydrogens (tertiary/aromatic N) is 1. The topological polar surface area (TPSA) is 110 Å². The van der Waals surface area contributed by atoms with Crippen molar-refractivity contribution in [1.82, 2.24) is 4.31 Å². The minimum Gasteiger partial charge on any atom is -0.495 e. The molecule has 0 radical (unpaired) electrons. The normalized spacial score (nSPS) is 12.6. The van der Waals surface area contributed by atoms with Crippen molar-refractivity contribution < 1.29 is 39.5 Å². The lowest BCUT2D eigenvalue weighted by Crippen LogP contribution is -2.30. The van der Waals surface area contributed by atoms with Crippen molar-refractivity contribution in [2.45, 2.75) is 29.1 Å². The summed E-state index contributed by atoms with van der Waals surface area (Å²) < 4.78 is 93.5. The Morgan fingerprint density at radius 2 is 1.62 bits per heavy atom. The number of carbonyl (C=O) groups is 1. The van der Waals surface area contributed by atoms with Gasteiger partial charge in [0.2, 0.25) is 10.0 Å². The molecule has 0 unspecified atom stereocenters. The van der Waals surface area contributed by atoms with Crippen molar-refractivity contribution in [2.24, 2.45) is 0 Å². The third kappa shape index (κ3) is 5.05. The van der Waals surface area contributed by atoms with E-state index in [0.717, 1.165) is 12.1 Å². The molecule has 0 saturated heterocycles. The highest BCUT2D eigenvalue weighted by Gasteiger charge is 2.47. The number of benzene rings is 2. The number of anilines is 1. The van der Waals surface area contributed by atoms with Gasteiger partial charge in [0.15, 0.2) is 0 Å². The first-order valence-corrected chi connectivity index (χ1v) is 12.1. The molecule has 176 valence electrons. The molecule has 2 aromatic rings. The van der Waals surface area contributed by atoms with Gasteiger partial charge in [0.05, 0.1) is 22.6 Å². The zero-order chi connectivity index (χ0) is 24.3. The summed E-state index contributed by atoms with van der Waals surface area (Å²) in [6.07, 6.45) is 0. The van der Waals surface area contributed by atoms with Crippen LogP contribution in [-0.4, -0.2) is 52.8 Å². The Hall–Kier alpha value is -2.64. The van der Waals surface area contributed by atoms with Gasteiger partial charge in [-0.3, -0.25) is 4.79 Å². The Morgan fingerprint density at radius 1 is 1.00 bits per heavy atom. The van der Waals surface area contributed by atoms with E-state index < -0.39 is 36.2 Å². The van der Waals surface area contributed by atoms with E-state index in [2.05, 4.69) is 5.32 Å². The van der Waals surface area contributed by atoms with E-state index in [9.17, 15) is 34.8 Å². The standard InChI is InChI=1S/C19H21F3N2O6S2/c1-4-24(5-2)32(28,29)15-8-6-7-13(11-15)18(25)23-16-12-14(9-10-17(16)30-3)31(26,27)19(20,21)22/h6-12H,4-5H2,1-3H3,(H,23,25). The summed E-state index contributed by atoms with van der Waals surface area (Å²) in [6, 6.07) is 7.36. The predicted octanol–water partition coefficient (Wildman–Crippen LogP) is 3.27. The first kappa shape index (κ1) is 25.6. The van der Waals surface area contributed by atoms with Gasteiger partial charge in [0.1, 0.15) is 5.75 Å². The Labute approximate surface area is 184 Å². The molecule has 0 bridgehead atoms. The number of alkyl halides is 3. The third-order valence-electron chi connectivity index (χ3n) is 4.47. The monoisotopic (exact) mass is 494 g/mol. The molecule has 32 heavy (non-hydrogen) atoms. The SMILES string of the molecule is CCN(CC)S(=O)(=O)c1cccc(C(=O)Nc2cc(S(=O)(=O)C(F)(F)F)ccc2OC)c1. The van der Waals surface area contributed by atoms with Gasteiger partial charge in [0, 0.05) is 18.7 Å². The predicted molar refractivity (Wildman–Crippen MR) is 111 cm³/mol. The number of methoxy groups -OCH3 is 1. The summed E-state index contributed by atoms with van der Waals surface area (Å²) in [5.41, 5.74) is -5.97. The minimum atomic E-state index is -5.66. The maximum absolute atomic E-state index is 12.9. The van der Waals surface area contributed by atoms with Gasteiger partial charge in [-0.25, -0.2) is 16.8 Å². The summed E-state index contributed by atoms with van der Waals surface area (Å²) in [5.74, 6) is -0.965. The number of rotatable bonds is 8. The van der Waals surface area contributed by atoms with Gasteiger partial charge >= 0.3 is 5.51 Å². The summed E-state index contributed by atoms with van der Waals surface area (Å²) >= 11 is 0. The average Bonchev–Trinajstić information content (AvgIpc) is 2.73. The van der Waals surface area contributed by atoms with Crippen LogP contribution in [0.15, 0.2) is 52.3 Å². The fourth-order valence-corrected chi connectivity index (χ4v) is 5.08. The van der Waals surface area contributed by atoms with Crippen molar-refractivity contribution in [1.29, 1.82) is 0 Å². The van der Waals surface area contributed by atoms with Crippen LogP contribution < -0.4 is 10.1 Å². The number of hydrogen-bond donors (Lipinski definition) is 1. The number of nitrogens with one attached hydrogen (secondary N) is 1. The van der Waals surface area contributed by atoms with Gasteiger partial charge in [-0.15, -0.1) is 0 Å². The lowest BCUT2D eigenvalue weighted by atomic mass is 10.2. The molecule has 8 nitrogen and oxygen atoms in total. The van der Waals surface area contributed by atoms with E-state index in [1.165, 1.54) is 29.6 Å². The van der Waals surface area contributed by atoms with Crippen LogP contribution >= 0.6 is 0 Å². The molecule has 0 aliphatic rings. The fraction of sp³-hybridized carbons (Fsp3) is 0.316. The van der Waals surface area contributed by atoms with Gasteiger partial charge in [-0.1, -0.05) is 19.9 Å². The Bertz CT molecular complexity index is 1210. The number of sulfone groups is 1. The highest BCUT2D eigenvalue weighted by atomic mass is 32.2. The van der Waals surface area contributed by atoms with Crippen molar-refractivity contribution >= 4 is 31.5 Å². The molecular weight excluding hydrogens is 473 g/mol. The summed E-state index contributed by atoms with van der Waals surface area (Å²) in [7, 11) is -8.34. The molecule has 0 spiro atoms. The average molecular weight is 495 g/mol. The zero-order valence-corrected chi connectivity index (χ0v) is 18.9. The number of carbonyl (C=O) groups excluding carboxylic acids is 1. The molecule has 0 fully saturated rings. The van der Waals surface area contributed by atoms with Gasteiger partial charge in [-0.05, 0) is 36.4 Å². The first-order valence-electron chi connectivity index (χ1n) is 9.20. The van der Waals surface area contributed by atoms with E-state index in [4.69, 9.17) is 4.74 Å². The van der Waals surface area contributed by atoms with E-state index in [1.54, 1.807) is 13.8 Å². The van der Waals surface area contributed by atoms with Crippen molar-refractivity contribution in [3.8, 4) is 5.75 Å². The molecule has 1 N–H and O–H groups in total. The largest absolute Gasteiger partial charge is 0.501 e. The van der Waals surface area contributed by atoms with Crippen LogP contribution in [-0.2, 0) is 19.9 Å². The number of amides is 1. The maximum atomic E-state index is 12.9. The minimum absolute atomic E-state index is 0.0913. The van der Waals surface area contributed by atoms with Crippen molar-refractivity contribution in [3.05, 3.63) is 48.0 Å². The van der Waals surface area contributed by atoms with Crippen LogP contribution in [0.25, 0.3) is 0 Å². The summed E-state index contributed by atoms with van der Waals surface area (Å²) in [4.78, 5) is 11.5. The lowest BCUT2D eigenvalue weighted by molar-refractivity contribution is -0.0436. The molecule has 0 aliphatic carbocycles. The lowest BCUT2D eigenvalue weighted by Gasteiger charge is -2.19.